The molecule has 4 amide bonds. The summed E-state index contributed by atoms with van der Waals surface area (Å²) in [5.74, 6) is -0.232. The molecule has 92 valence electrons. The molecule has 3 aliphatic rings. The number of hydrogen-bond acceptors (Lipinski definition) is 3. The van der Waals surface area contributed by atoms with E-state index in [2.05, 4.69) is 5.32 Å². The maximum Gasteiger partial charge on any atom is 0.331 e. The van der Waals surface area contributed by atoms with Crippen LogP contribution in [0, 0.1) is 11.3 Å². The normalized spacial score (nSPS) is 29.0. The van der Waals surface area contributed by atoms with Gasteiger partial charge in [0.25, 0.3) is 0 Å². The van der Waals surface area contributed by atoms with Crippen molar-refractivity contribution in [2.24, 2.45) is 11.3 Å². The summed E-state index contributed by atoms with van der Waals surface area (Å²) in [6.07, 6.45) is 4.19. The Morgan fingerprint density at radius 3 is 2.41 bits per heavy atom. The van der Waals surface area contributed by atoms with Crippen LogP contribution in [0.4, 0.5) is 4.79 Å². The summed E-state index contributed by atoms with van der Waals surface area (Å²) >= 11 is 0. The minimum atomic E-state index is -0.920. The Balaban J connectivity index is 1.89. The number of imide groups is 2. The van der Waals surface area contributed by atoms with Gasteiger partial charge in [-0.2, -0.15) is 0 Å². The average molecular weight is 236 g/mol. The Morgan fingerprint density at radius 1 is 1.29 bits per heavy atom. The lowest BCUT2D eigenvalue weighted by atomic mass is 9.66. The Kier molecular flexibility index (Phi) is 2.09. The highest BCUT2D eigenvalue weighted by Gasteiger charge is 2.58. The quantitative estimate of drug-likeness (QED) is 0.728. The molecule has 1 atom stereocenters. The maximum atomic E-state index is 12.4. The highest BCUT2D eigenvalue weighted by molar-refractivity contribution is 6.19. The summed E-state index contributed by atoms with van der Waals surface area (Å²) in [7, 11) is 0. The van der Waals surface area contributed by atoms with Crippen molar-refractivity contribution in [3.63, 3.8) is 0 Å². The molecule has 1 unspecified atom stereocenters. The van der Waals surface area contributed by atoms with E-state index in [-0.39, 0.29) is 11.9 Å². The summed E-state index contributed by atoms with van der Waals surface area (Å²) in [6.45, 7) is 1.90. The lowest BCUT2D eigenvalue weighted by Gasteiger charge is -2.46. The van der Waals surface area contributed by atoms with E-state index >= 15 is 0 Å². The second kappa shape index (κ2) is 3.31. The van der Waals surface area contributed by atoms with Gasteiger partial charge in [0.2, 0.25) is 11.8 Å². The zero-order chi connectivity index (χ0) is 12.2. The molecule has 0 aromatic rings. The summed E-state index contributed by atoms with van der Waals surface area (Å²) in [5.41, 5.74) is -0.920. The molecule has 1 saturated heterocycles. The fraction of sp³-hybridized carbons (Fsp3) is 0.750. The van der Waals surface area contributed by atoms with E-state index in [4.69, 9.17) is 0 Å². The van der Waals surface area contributed by atoms with Crippen LogP contribution in [0.5, 0.6) is 0 Å². The van der Waals surface area contributed by atoms with Gasteiger partial charge in [0.05, 0.1) is 0 Å². The van der Waals surface area contributed by atoms with Crippen molar-refractivity contribution >= 4 is 17.8 Å². The number of hydrogen-bond donors (Lipinski definition) is 1. The van der Waals surface area contributed by atoms with Crippen molar-refractivity contribution in [2.45, 2.75) is 45.1 Å². The molecule has 0 radical (unpaired) electrons. The van der Waals surface area contributed by atoms with Crippen LogP contribution in [0.15, 0.2) is 0 Å². The number of barbiturate groups is 1. The van der Waals surface area contributed by atoms with Gasteiger partial charge in [-0.25, -0.2) is 4.79 Å². The molecular formula is C12H16N2O3. The van der Waals surface area contributed by atoms with Gasteiger partial charge < -0.3 is 0 Å². The third kappa shape index (κ3) is 1.34. The maximum absolute atomic E-state index is 12.4. The van der Waals surface area contributed by atoms with Crippen molar-refractivity contribution in [3.05, 3.63) is 0 Å². The van der Waals surface area contributed by atoms with Crippen molar-refractivity contribution < 1.29 is 14.4 Å². The van der Waals surface area contributed by atoms with E-state index in [1.54, 1.807) is 0 Å². The minimum Gasteiger partial charge on any atom is -0.277 e. The third-order valence-electron chi connectivity index (χ3n) is 4.42. The molecule has 1 N–H and O–H groups in total. The first-order valence-electron chi connectivity index (χ1n) is 6.25. The van der Waals surface area contributed by atoms with Crippen molar-refractivity contribution in [2.75, 3.05) is 0 Å². The molecule has 5 heteroatoms. The van der Waals surface area contributed by atoms with Crippen LogP contribution in [0.25, 0.3) is 0 Å². The molecular weight excluding hydrogens is 220 g/mol. The Morgan fingerprint density at radius 2 is 1.94 bits per heavy atom. The lowest BCUT2D eigenvalue weighted by molar-refractivity contribution is -0.159. The largest absolute Gasteiger partial charge is 0.331 e. The van der Waals surface area contributed by atoms with Gasteiger partial charge in [-0.1, -0.05) is 6.42 Å². The standard InChI is InChI=1S/C12H16N2O3/c1-7(8-3-4-8)14-10(16)12(5-2-6-12)9(15)13-11(14)17/h7-8H,2-6H2,1H3,(H,13,15,17). The van der Waals surface area contributed by atoms with Gasteiger partial charge in [0, 0.05) is 6.04 Å². The number of nitrogens with one attached hydrogen (secondary N) is 1. The van der Waals surface area contributed by atoms with Gasteiger partial charge in [0.1, 0.15) is 5.41 Å². The number of rotatable bonds is 2. The van der Waals surface area contributed by atoms with Gasteiger partial charge >= 0.3 is 6.03 Å². The molecule has 0 aromatic carbocycles. The van der Waals surface area contributed by atoms with E-state index in [9.17, 15) is 14.4 Å². The van der Waals surface area contributed by atoms with Crippen molar-refractivity contribution in [3.8, 4) is 0 Å². The monoisotopic (exact) mass is 236 g/mol. The van der Waals surface area contributed by atoms with E-state index < -0.39 is 17.4 Å². The van der Waals surface area contributed by atoms with Gasteiger partial charge in [0.15, 0.2) is 0 Å². The first-order valence-corrected chi connectivity index (χ1v) is 6.25. The fourth-order valence-electron chi connectivity index (χ4n) is 2.83. The number of carbonyl (C=O) groups excluding carboxylic acids is 3. The molecule has 5 nitrogen and oxygen atoms in total. The van der Waals surface area contributed by atoms with Gasteiger partial charge in [-0.3, -0.25) is 19.8 Å². The highest BCUT2D eigenvalue weighted by atomic mass is 16.2. The molecule has 3 fully saturated rings. The SMILES string of the molecule is CC(C1CC1)N1C(=O)NC(=O)C2(CCC2)C1=O. The molecule has 1 heterocycles. The zero-order valence-electron chi connectivity index (χ0n) is 9.86. The van der Waals surface area contributed by atoms with Gasteiger partial charge in [-0.05, 0) is 38.5 Å². The third-order valence-corrected chi connectivity index (χ3v) is 4.42. The van der Waals surface area contributed by atoms with Crippen LogP contribution in [0.1, 0.15) is 39.0 Å². The molecule has 2 aliphatic carbocycles. The fourth-order valence-corrected chi connectivity index (χ4v) is 2.83. The Labute approximate surface area is 99.5 Å². The number of urea groups is 1. The Bertz CT molecular complexity index is 410. The van der Waals surface area contributed by atoms with Crippen LogP contribution in [0.3, 0.4) is 0 Å². The molecule has 2 saturated carbocycles. The summed E-state index contributed by atoms with van der Waals surface area (Å²) in [4.78, 5) is 37.2. The number of amides is 4. The molecule has 1 aliphatic heterocycles. The van der Waals surface area contributed by atoms with Crippen molar-refractivity contribution in [1.82, 2.24) is 10.2 Å². The zero-order valence-corrected chi connectivity index (χ0v) is 9.86. The average Bonchev–Trinajstić information content (AvgIpc) is 2.96. The predicted molar refractivity (Wildman–Crippen MR) is 58.9 cm³/mol. The molecule has 0 aromatic heterocycles. The predicted octanol–water partition coefficient (Wildman–Crippen LogP) is 1.03. The second-order valence-corrected chi connectivity index (χ2v) is 5.45. The molecule has 17 heavy (non-hydrogen) atoms. The topological polar surface area (TPSA) is 66.5 Å². The molecule has 3 rings (SSSR count). The minimum absolute atomic E-state index is 0.0759. The van der Waals surface area contributed by atoms with Crippen LogP contribution >= 0.6 is 0 Å². The van der Waals surface area contributed by atoms with Crippen molar-refractivity contribution in [1.29, 1.82) is 0 Å². The van der Waals surface area contributed by atoms with Gasteiger partial charge in [-0.15, -0.1) is 0 Å². The first-order chi connectivity index (χ1) is 8.06. The van der Waals surface area contributed by atoms with Crippen LogP contribution in [-0.2, 0) is 9.59 Å². The number of nitrogens with zero attached hydrogens (tertiary/aromatic N) is 1. The van der Waals surface area contributed by atoms with Crippen LogP contribution in [0.2, 0.25) is 0 Å². The molecule has 0 bridgehead atoms. The van der Waals surface area contributed by atoms with E-state index in [0.717, 1.165) is 19.3 Å². The Hall–Kier alpha value is -1.39. The summed E-state index contributed by atoms with van der Waals surface area (Å²) in [6, 6.07) is -0.606. The highest BCUT2D eigenvalue weighted by Crippen LogP contribution is 2.46. The van der Waals surface area contributed by atoms with E-state index in [1.807, 2.05) is 6.92 Å². The second-order valence-electron chi connectivity index (χ2n) is 5.45. The lowest BCUT2D eigenvalue weighted by Crippen LogP contribution is -2.67. The van der Waals surface area contributed by atoms with E-state index in [0.29, 0.717) is 18.8 Å². The van der Waals surface area contributed by atoms with Crippen LogP contribution < -0.4 is 5.32 Å². The summed E-state index contributed by atoms with van der Waals surface area (Å²) < 4.78 is 0. The van der Waals surface area contributed by atoms with E-state index in [1.165, 1.54) is 4.90 Å². The summed E-state index contributed by atoms with van der Waals surface area (Å²) in [5, 5.41) is 2.34. The molecule has 1 spiro atoms. The smallest absolute Gasteiger partial charge is 0.277 e. The number of carbonyl (C=O) groups is 3. The van der Waals surface area contributed by atoms with Crippen LogP contribution in [-0.4, -0.2) is 28.8 Å². The first kappa shape index (κ1) is 10.7.